The molecule has 2 fully saturated rings. The summed E-state index contributed by atoms with van der Waals surface area (Å²) < 4.78 is 0. The number of nitrogens with one attached hydrogen (secondary N) is 1. The minimum atomic E-state index is 0.517. The molecule has 1 saturated heterocycles. The summed E-state index contributed by atoms with van der Waals surface area (Å²) in [5.41, 5.74) is 8.52. The van der Waals surface area contributed by atoms with Gasteiger partial charge in [0, 0.05) is 16.0 Å². The van der Waals surface area contributed by atoms with Crippen molar-refractivity contribution in [3.8, 4) is 0 Å². The number of thioether (sulfide) groups is 1. The molecule has 0 amide bonds. The number of benzene rings is 1. The van der Waals surface area contributed by atoms with E-state index in [1.54, 1.807) is 0 Å². The van der Waals surface area contributed by atoms with Crippen LogP contribution in [0.2, 0.25) is 5.02 Å². The Hall–Kier alpha value is -0.380. The maximum absolute atomic E-state index is 6.32. The molecule has 2 aliphatic rings. The molecule has 23 heavy (non-hydrogen) atoms. The van der Waals surface area contributed by atoms with Crippen LogP contribution in [0.3, 0.4) is 0 Å². The lowest BCUT2D eigenvalue weighted by Crippen LogP contribution is -2.29. The molecule has 1 aromatic rings. The lowest BCUT2D eigenvalue weighted by Gasteiger charge is -2.33. The van der Waals surface area contributed by atoms with Crippen molar-refractivity contribution in [2.75, 3.05) is 24.6 Å². The summed E-state index contributed by atoms with van der Waals surface area (Å²) in [4.78, 5) is 0. The number of nitrogen functional groups attached to an aromatic ring is 1. The van der Waals surface area contributed by atoms with Crippen LogP contribution in [0, 0.1) is 11.8 Å². The van der Waals surface area contributed by atoms with Crippen molar-refractivity contribution >= 4 is 29.1 Å². The fraction of sp³-hybridized carbons (Fsp3) is 0.684. The Kier molecular flexibility index (Phi) is 6.55. The van der Waals surface area contributed by atoms with E-state index in [1.807, 2.05) is 12.1 Å². The minimum absolute atomic E-state index is 0.517. The molecule has 128 valence electrons. The molecule has 1 saturated carbocycles. The van der Waals surface area contributed by atoms with Gasteiger partial charge in [-0.25, -0.2) is 0 Å². The zero-order chi connectivity index (χ0) is 16.1. The molecule has 2 nitrogen and oxygen atoms in total. The van der Waals surface area contributed by atoms with Gasteiger partial charge in [-0.1, -0.05) is 30.9 Å². The quantitative estimate of drug-likeness (QED) is 0.708. The van der Waals surface area contributed by atoms with Crippen LogP contribution >= 0.6 is 23.4 Å². The average molecular weight is 353 g/mol. The molecule has 0 aromatic heterocycles. The zero-order valence-corrected chi connectivity index (χ0v) is 15.5. The second-order valence-corrected chi connectivity index (χ2v) is 8.73. The molecule has 0 spiro atoms. The van der Waals surface area contributed by atoms with Gasteiger partial charge >= 0.3 is 0 Å². The number of anilines is 1. The molecule has 1 unspecified atom stereocenters. The van der Waals surface area contributed by atoms with Crippen LogP contribution < -0.4 is 11.1 Å². The van der Waals surface area contributed by atoms with E-state index in [2.05, 4.69) is 23.1 Å². The largest absolute Gasteiger partial charge is 0.398 e. The molecular formula is C19H29ClN2S. The topological polar surface area (TPSA) is 38.0 Å². The third-order valence-electron chi connectivity index (χ3n) is 5.40. The van der Waals surface area contributed by atoms with E-state index in [9.17, 15) is 0 Å². The number of piperidine rings is 1. The lowest BCUT2D eigenvalue weighted by molar-refractivity contribution is 0.350. The number of rotatable bonds is 5. The van der Waals surface area contributed by atoms with E-state index < -0.39 is 0 Å². The Morgan fingerprint density at radius 1 is 1.13 bits per heavy atom. The normalized spacial score (nSPS) is 22.1. The number of hydrogen-bond donors (Lipinski definition) is 2. The summed E-state index contributed by atoms with van der Waals surface area (Å²) in [5, 5.41) is 4.80. The first kappa shape index (κ1) is 17.4. The van der Waals surface area contributed by atoms with Gasteiger partial charge in [0.15, 0.2) is 0 Å². The van der Waals surface area contributed by atoms with Crippen molar-refractivity contribution in [1.29, 1.82) is 0 Å². The van der Waals surface area contributed by atoms with Gasteiger partial charge in [-0.05, 0) is 80.1 Å². The van der Waals surface area contributed by atoms with Gasteiger partial charge < -0.3 is 11.1 Å². The molecule has 0 radical (unpaired) electrons. The van der Waals surface area contributed by atoms with Crippen LogP contribution in [0.4, 0.5) is 5.69 Å². The first-order valence-electron chi connectivity index (χ1n) is 9.11. The Morgan fingerprint density at radius 3 is 2.61 bits per heavy atom. The highest BCUT2D eigenvalue weighted by Crippen LogP contribution is 2.46. The van der Waals surface area contributed by atoms with Crippen LogP contribution in [-0.2, 0) is 0 Å². The maximum atomic E-state index is 6.32. The summed E-state index contributed by atoms with van der Waals surface area (Å²) in [6, 6.07) is 6.01. The van der Waals surface area contributed by atoms with Crippen molar-refractivity contribution in [1.82, 2.24) is 5.32 Å². The van der Waals surface area contributed by atoms with Crippen LogP contribution in [0.25, 0.3) is 0 Å². The van der Waals surface area contributed by atoms with Gasteiger partial charge in [0.2, 0.25) is 0 Å². The third kappa shape index (κ3) is 4.80. The van der Waals surface area contributed by atoms with Crippen LogP contribution in [0.5, 0.6) is 0 Å². The zero-order valence-electron chi connectivity index (χ0n) is 13.9. The highest BCUT2D eigenvalue weighted by atomic mass is 35.5. The summed E-state index contributed by atoms with van der Waals surface area (Å²) in [6.45, 7) is 2.36. The SMILES string of the molecule is Nc1ccc(Cl)cc1C(SCC1CCNCC1)C1CCCCC1. The second-order valence-electron chi connectivity index (χ2n) is 7.12. The van der Waals surface area contributed by atoms with Crippen molar-refractivity contribution in [2.45, 2.75) is 50.2 Å². The molecule has 0 bridgehead atoms. The third-order valence-corrected chi connectivity index (χ3v) is 7.30. The van der Waals surface area contributed by atoms with Gasteiger partial charge in [0.1, 0.15) is 0 Å². The Balaban J connectivity index is 1.73. The predicted octanol–water partition coefficient (Wildman–Crippen LogP) is 5.28. The molecule has 1 aliphatic carbocycles. The van der Waals surface area contributed by atoms with E-state index in [0.717, 1.165) is 22.5 Å². The fourth-order valence-electron chi connectivity index (χ4n) is 4.00. The van der Waals surface area contributed by atoms with Crippen molar-refractivity contribution in [3.05, 3.63) is 28.8 Å². The summed E-state index contributed by atoms with van der Waals surface area (Å²) in [6.07, 6.45) is 9.45. The molecule has 3 N–H and O–H groups in total. The van der Waals surface area contributed by atoms with Crippen molar-refractivity contribution < 1.29 is 0 Å². The van der Waals surface area contributed by atoms with E-state index >= 15 is 0 Å². The molecule has 3 rings (SSSR count). The van der Waals surface area contributed by atoms with Gasteiger partial charge in [0.05, 0.1) is 0 Å². The molecule has 1 aliphatic heterocycles. The highest BCUT2D eigenvalue weighted by Gasteiger charge is 2.28. The standard InChI is InChI=1S/C19H29ClN2S/c20-16-6-7-18(21)17(12-16)19(15-4-2-1-3-5-15)23-13-14-8-10-22-11-9-14/h6-7,12,14-15,19,22H,1-5,8-11,13,21H2. The summed E-state index contributed by atoms with van der Waals surface area (Å²) in [5.74, 6) is 2.87. The number of halogens is 1. The number of hydrogen-bond acceptors (Lipinski definition) is 3. The average Bonchev–Trinajstić information content (AvgIpc) is 2.60. The molecule has 1 aromatic carbocycles. The highest BCUT2D eigenvalue weighted by molar-refractivity contribution is 7.99. The molecular weight excluding hydrogens is 324 g/mol. The van der Waals surface area contributed by atoms with E-state index in [-0.39, 0.29) is 0 Å². The first-order valence-corrected chi connectivity index (χ1v) is 10.5. The van der Waals surface area contributed by atoms with Gasteiger partial charge in [-0.2, -0.15) is 11.8 Å². The second kappa shape index (κ2) is 8.64. The Morgan fingerprint density at radius 2 is 1.87 bits per heavy atom. The summed E-state index contributed by atoms with van der Waals surface area (Å²) >= 11 is 8.42. The van der Waals surface area contributed by atoms with Gasteiger partial charge in [-0.15, -0.1) is 0 Å². The van der Waals surface area contributed by atoms with Crippen molar-refractivity contribution in [3.63, 3.8) is 0 Å². The monoisotopic (exact) mass is 352 g/mol. The van der Waals surface area contributed by atoms with Crippen molar-refractivity contribution in [2.24, 2.45) is 11.8 Å². The van der Waals surface area contributed by atoms with Gasteiger partial charge in [-0.3, -0.25) is 0 Å². The fourth-order valence-corrected chi connectivity index (χ4v) is 5.92. The first-order chi connectivity index (χ1) is 11.2. The maximum Gasteiger partial charge on any atom is 0.0410 e. The minimum Gasteiger partial charge on any atom is -0.398 e. The summed E-state index contributed by atoms with van der Waals surface area (Å²) in [7, 11) is 0. The molecule has 1 atom stereocenters. The van der Waals surface area contributed by atoms with E-state index in [1.165, 1.54) is 69.4 Å². The Bertz CT molecular complexity index is 496. The van der Waals surface area contributed by atoms with Gasteiger partial charge in [0.25, 0.3) is 0 Å². The van der Waals surface area contributed by atoms with E-state index in [0.29, 0.717) is 5.25 Å². The smallest absolute Gasteiger partial charge is 0.0410 e. The van der Waals surface area contributed by atoms with Crippen LogP contribution in [0.15, 0.2) is 18.2 Å². The predicted molar refractivity (Wildman–Crippen MR) is 103 cm³/mol. The van der Waals surface area contributed by atoms with Crippen LogP contribution in [0.1, 0.15) is 55.8 Å². The van der Waals surface area contributed by atoms with E-state index in [4.69, 9.17) is 17.3 Å². The lowest BCUT2D eigenvalue weighted by atomic mass is 9.84. The molecule has 4 heteroatoms. The Labute approximate surface area is 149 Å². The number of nitrogens with two attached hydrogens (primary N) is 1. The van der Waals surface area contributed by atoms with Crippen LogP contribution in [-0.4, -0.2) is 18.8 Å². The molecule has 1 heterocycles.